The van der Waals surface area contributed by atoms with Gasteiger partial charge in [-0.2, -0.15) is 0 Å². The molecule has 2 rings (SSSR count). The highest BCUT2D eigenvalue weighted by molar-refractivity contribution is 8.15. The minimum absolute atomic E-state index is 0. The maximum absolute atomic E-state index is 11.8. The second kappa shape index (κ2) is 4.78. The summed E-state index contributed by atoms with van der Waals surface area (Å²) >= 11 is 1.44. The Bertz CT molecular complexity index is 408. The molecule has 1 aromatic carbocycles. The molecule has 1 aromatic rings. The third kappa shape index (κ3) is 2.26. The molecule has 2 nitrogen and oxygen atoms in total. The molecule has 1 aliphatic heterocycles. The summed E-state index contributed by atoms with van der Waals surface area (Å²) < 4.78 is -0.0861. The molecular weight excluding hydrogens is 242 g/mol. The van der Waals surface area contributed by atoms with E-state index >= 15 is 0 Å². The van der Waals surface area contributed by atoms with Gasteiger partial charge in [0.05, 0.1) is 4.75 Å². The molecule has 0 saturated carbocycles. The van der Waals surface area contributed by atoms with Crippen LogP contribution in [0.15, 0.2) is 24.3 Å². The SMILES string of the molecule is CN(C)CC1(C)SC(=O)c2ccccc21.Cl. The van der Waals surface area contributed by atoms with Crippen LogP contribution in [-0.2, 0) is 4.75 Å². The molecular formula is C12H16ClNOS. The van der Waals surface area contributed by atoms with Crippen LogP contribution in [0.25, 0.3) is 0 Å². The standard InChI is InChI=1S/C12H15NOS.ClH/c1-12(8-13(2)3)10-7-5-4-6-9(10)11(14)15-12;/h4-7H,8H2,1-3H3;1H. The van der Waals surface area contributed by atoms with Crippen LogP contribution >= 0.6 is 24.2 Å². The molecule has 0 amide bonds. The minimum atomic E-state index is -0.0861. The average molecular weight is 258 g/mol. The summed E-state index contributed by atoms with van der Waals surface area (Å²) in [4.78, 5) is 13.9. The van der Waals surface area contributed by atoms with Crippen LogP contribution in [-0.4, -0.2) is 30.7 Å². The van der Waals surface area contributed by atoms with E-state index in [4.69, 9.17) is 0 Å². The average Bonchev–Trinajstić information content (AvgIpc) is 2.39. The summed E-state index contributed by atoms with van der Waals surface area (Å²) in [5.74, 6) is 0. The molecule has 0 fully saturated rings. The predicted molar refractivity (Wildman–Crippen MR) is 71.5 cm³/mol. The first kappa shape index (κ1) is 13.6. The summed E-state index contributed by atoms with van der Waals surface area (Å²) in [5, 5.41) is 0.204. The second-order valence-corrected chi connectivity index (χ2v) is 5.88. The number of likely N-dealkylation sites (N-methyl/N-ethyl adjacent to an activating group) is 1. The van der Waals surface area contributed by atoms with E-state index in [9.17, 15) is 4.79 Å². The van der Waals surface area contributed by atoms with Crippen molar-refractivity contribution in [3.05, 3.63) is 35.4 Å². The van der Waals surface area contributed by atoms with Gasteiger partial charge in [0.15, 0.2) is 0 Å². The van der Waals surface area contributed by atoms with Crippen molar-refractivity contribution in [1.29, 1.82) is 0 Å². The van der Waals surface area contributed by atoms with Crippen molar-refractivity contribution in [3.8, 4) is 0 Å². The molecule has 4 heteroatoms. The number of fused-ring (bicyclic) bond motifs is 1. The van der Waals surface area contributed by atoms with E-state index in [2.05, 4.69) is 17.9 Å². The number of benzene rings is 1. The lowest BCUT2D eigenvalue weighted by atomic mass is 9.95. The van der Waals surface area contributed by atoms with Gasteiger partial charge in [-0.3, -0.25) is 4.79 Å². The van der Waals surface area contributed by atoms with Crippen LogP contribution < -0.4 is 0 Å². The number of thioether (sulfide) groups is 1. The number of nitrogens with zero attached hydrogens (tertiary/aromatic N) is 1. The third-order valence-electron chi connectivity index (χ3n) is 2.65. The Morgan fingerprint density at radius 1 is 1.31 bits per heavy atom. The zero-order valence-electron chi connectivity index (χ0n) is 9.69. The van der Waals surface area contributed by atoms with Crippen molar-refractivity contribution in [2.45, 2.75) is 11.7 Å². The van der Waals surface area contributed by atoms with Crippen LogP contribution in [0.1, 0.15) is 22.8 Å². The number of halogens is 1. The van der Waals surface area contributed by atoms with E-state index in [1.165, 1.54) is 17.3 Å². The molecule has 88 valence electrons. The summed E-state index contributed by atoms with van der Waals surface area (Å²) in [6.07, 6.45) is 0. The maximum Gasteiger partial charge on any atom is 0.220 e. The van der Waals surface area contributed by atoms with Gasteiger partial charge in [-0.05, 0) is 26.6 Å². The smallest absolute Gasteiger partial charge is 0.220 e. The Labute approximate surface area is 107 Å². The highest BCUT2D eigenvalue weighted by atomic mass is 35.5. The molecule has 0 aromatic heterocycles. The molecule has 1 aliphatic rings. The maximum atomic E-state index is 11.8. The van der Waals surface area contributed by atoms with E-state index < -0.39 is 0 Å². The normalized spacial score (nSPS) is 23.1. The van der Waals surface area contributed by atoms with Crippen LogP contribution in [0.3, 0.4) is 0 Å². The Morgan fingerprint density at radius 2 is 1.94 bits per heavy atom. The summed E-state index contributed by atoms with van der Waals surface area (Å²) in [6.45, 7) is 3.03. The third-order valence-corrected chi connectivity index (χ3v) is 3.86. The summed E-state index contributed by atoms with van der Waals surface area (Å²) in [7, 11) is 4.08. The molecule has 0 N–H and O–H groups in total. The first-order chi connectivity index (χ1) is 7.03. The molecule has 0 saturated heterocycles. The van der Waals surface area contributed by atoms with Crippen LogP contribution in [0.5, 0.6) is 0 Å². The van der Waals surface area contributed by atoms with E-state index in [1.54, 1.807) is 0 Å². The van der Waals surface area contributed by atoms with E-state index in [1.807, 2.05) is 32.3 Å². The summed E-state index contributed by atoms with van der Waals surface area (Å²) in [5.41, 5.74) is 2.06. The van der Waals surface area contributed by atoms with Crippen molar-refractivity contribution in [2.24, 2.45) is 0 Å². The minimum Gasteiger partial charge on any atom is -0.308 e. The largest absolute Gasteiger partial charge is 0.308 e. The van der Waals surface area contributed by atoms with Gasteiger partial charge in [-0.1, -0.05) is 36.0 Å². The first-order valence-electron chi connectivity index (χ1n) is 5.00. The summed E-state index contributed by atoms with van der Waals surface area (Å²) in [6, 6.07) is 7.92. The quantitative estimate of drug-likeness (QED) is 0.813. The number of rotatable bonds is 2. The zero-order chi connectivity index (χ0) is 11.1. The lowest BCUT2D eigenvalue weighted by molar-refractivity contribution is 0.109. The monoisotopic (exact) mass is 257 g/mol. The van der Waals surface area contributed by atoms with Crippen molar-refractivity contribution in [3.63, 3.8) is 0 Å². The number of hydrogen-bond acceptors (Lipinski definition) is 3. The van der Waals surface area contributed by atoms with Crippen molar-refractivity contribution in [2.75, 3.05) is 20.6 Å². The van der Waals surface area contributed by atoms with Gasteiger partial charge in [0, 0.05) is 12.1 Å². The van der Waals surface area contributed by atoms with Crippen molar-refractivity contribution >= 4 is 29.3 Å². The van der Waals surface area contributed by atoms with Gasteiger partial charge in [-0.25, -0.2) is 0 Å². The molecule has 16 heavy (non-hydrogen) atoms. The topological polar surface area (TPSA) is 20.3 Å². The van der Waals surface area contributed by atoms with Crippen molar-refractivity contribution < 1.29 is 4.79 Å². The van der Waals surface area contributed by atoms with E-state index in [0.29, 0.717) is 0 Å². The number of carbonyl (C=O) groups is 1. The Hall–Kier alpha value is -0.510. The Morgan fingerprint density at radius 3 is 2.56 bits per heavy atom. The van der Waals surface area contributed by atoms with Crippen molar-refractivity contribution in [1.82, 2.24) is 4.90 Å². The second-order valence-electron chi connectivity index (χ2n) is 4.40. The molecule has 0 spiro atoms. The van der Waals surface area contributed by atoms with E-state index in [-0.39, 0.29) is 22.3 Å². The molecule has 0 radical (unpaired) electrons. The van der Waals surface area contributed by atoms with Gasteiger partial charge >= 0.3 is 0 Å². The first-order valence-corrected chi connectivity index (χ1v) is 5.82. The molecule has 1 heterocycles. The van der Waals surface area contributed by atoms with Crippen LogP contribution in [0.4, 0.5) is 0 Å². The van der Waals surface area contributed by atoms with E-state index in [0.717, 1.165) is 12.1 Å². The highest BCUT2D eigenvalue weighted by Gasteiger charge is 2.40. The number of hydrogen-bond donors (Lipinski definition) is 0. The lowest BCUT2D eigenvalue weighted by Crippen LogP contribution is -2.30. The van der Waals surface area contributed by atoms with Gasteiger partial charge in [0.1, 0.15) is 0 Å². The molecule has 1 atom stereocenters. The predicted octanol–water partition coefficient (Wildman–Crippen LogP) is 2.77. The van der Waals surface area contributed by atoms with Gasteiger partial charge in [0.2, 0.25) is 5.12 Å². The molecule has 0 aliphatic carbocycles. The fourth-order valence-electron chi connectivity index (χ4n) is 2.16. The molecule has 0 bridgehead atoms. The Kier molecular flexibility index (Phi) is 4.05. The number of carbonyl (C=O) groups excluding carboxylic acids is 1. The Balaban J connectivity index is 0.00000128. The van der Waals surface area contributed by atoms with Crippen LogP contribution in [0.2, 0.25) is 0 Å². The van der Waals surface area contributed by atoms with Gasteiger partial charge in [0.25, 0.3) is 0 Å². The van der Waals surface area contributed by atoms with Gasteiger partial charge < -0.3 is 4.90 Å². The fraction of sp³-hybridized carbons (Fsp3) is 0.417. The zero-order valence-corrected chi connectivity index (χ0v) is 11.3. The molecule has 1 unspecified atom stereocenters. The van der Waals surface area contributed by atoms with Crippen LogP contribution in [0, 0.1) is 0 Å². The highest BCUT2D eigenvalue weighted by Crippen LogP contribution is 2.46. The van der Waals surface area contributed by atoms with Gasteiger partial charge in [-0.15, -0.1) is 12.4 Å². The fourth-order valence-corrected chi connectivity index (χ4v) is 3.47. The lowest BCUT2D eigenvalue weighted by Gasteiger charge is -2.27.